The van der Waals surface area contributed by atoms with Gasteiger partial charge in [0.2, 0.25) is 0 Å². The highest BCUT2D eigenvalue weighted by Gasteiger charge is 2.55. The standard InChI is InChI=1S/C30H32O5Si/c1-29(2,3)36(24-15-9-5-10-16-24,25-17-11-6-12-18-25)35-23-19-27(32)30(34,28(33)20-23)21-26(31)22-13-7-4-8-14-22/h4-18,23,34H,19-21H2,1-3H3. The van der Waals surface area contributed by atoms with Crippen LogP contribution in [-0.4, -0.2) is 42.5 Å². The summed E-state index contributed by atoms with van der Waals surface area (Å²) in [5.41, 5.74) is -1.96. The summed E-state index contributed by atoms with van der Waals surface area (Å²) in [7, 11) is -2.98. The van der Waals surface area contributed by atoms with Crippen LogP contribution in [0.15, 0.2) is 91.0 Å². The summed E-state index contributed by atoms with van der Waals surface area (Å²) in [5.74, 6) is -1.76. The lowest BCUT2D eigenvalue weighted by molar-refractivity contribution is -0.157. The van der Waals surface area contributed by atoms with Crippen molar-refractivity contribution in [1.82, 2.24) is 0 Å². The Kier molecular flexibility index (Phi) is 7.23. The van der Waals surface area contributed by atoms with Gasteiger partial charge in [-0.1, -0.05) is 112 Å². The van der Waals surface area contributed by atoms with Gasteiger partial charge in [0, 0.05) is 18.4 Å². The molecule has 1 aliphatic carbocycles. The third-order valence-electron chi connectivity index (χ3n) is 7.02. The lowest BCUT2D eigenvalue weighted by atomic mass is 9.77. The molecular weight excluding hydrogens is 468 g/mol. The van der Waals surface area contributed by atoms with E-state index in [1.807, 2.05) is 60.7 Å². The molecule has 0 atom stereocenters. The fourth-order valence-corrected chi connectivity index (χ4v) is 9.84. The molecule has 3 aromatic carbocycles. The van der Waals surface area contributed by atoms with Crippen molar-refractivity contribution >= 4 is 36.0 Å². The molecule has 186 valence electrons. The quantitative estimate of drug-likeness (QED) is 0.303. The zero-order valence-electron chi connectivity index (χ0n) is 20.9. The Bertz CT molecular complexity index is 1180. The van der Waals surface area contributed by atoms with Crippen molar-refractivity contribution in [2.45, 2.75) is 56.8 Å². The Balaban J connectivity index is 1.66. The molecule has 6 heteroatoms. The minimum atomic E-state index is -2.98. The molecule has 0 saturated heterocycles. The first-order valence-electron chi connectivity index (χ1n) is 12.2. The third-order valence-corrected chi connectivity index (χ3v) is 12.1. The second-order valence-electron chi connectivity index (χ2n) is 10.5. The van der Waals surface area contributed by atoms with Gasteiger partial charge in [-0.25, -0.2) is 0 Å². The van der Waals surface area contributed by atoms with Crippen molar-refractivity contribution in [3.05, 3.63) is 96.6 Å². The van der Waals surface area contributed by atoms with E-state index in [9.17, 15) is 19.5 Å². The molecule has 0 unspecified atom stereocenters. The SMILES string of the molecule is CC(C)(C)[Si](OC1CC(=O)C(O)(CC(=O)c2ccccc2)C(=O)C1)(c1ccccc1)c1ccccc1. The molecule has 0 aromatic heterocycles. The van der Waals surface area contributed by atoms with Crippen molar-refractivity contribution in [2.75, 3.05) is 0 Å². The van der Waals surface area contributed by atoms with Gasteiger partial charge in [-0.05, 0) is 15.4 Å². The van der Waals surface area contributed by atoms with Crippen LogP contribution in [0.4, 0.5) is 0 Å². The number of carbonyl (C=O) groups excluding carboxylic acids is 3. The third kappa shape index (κ3) is 4.76. The molecule has 0 spiro atoms. The van der Waals surface area contributed by atoms with E-state index < -0.39 is 43.8 Å². The second kappa shape index (κ2) is 10.0. The molecule has 1 fully saturated rings. The molecule has 4 rings (SSSR count). The highest BCUT2D eigenvalue weighted by atomic mass is 28.4. The van der Waals surface area contributed by atoms with E-state index >= 15 is 0 Å². The molecule has 5 nitrogen and oxygen atoms in total. The van der Waals surface area contributed by atoms with Gasteiger partial charge in [0.1, 0.15) is 0 Å². The molecular formula is C30H32O5Si. The lowest BCUT2D eigenvalue weighted by Gasteiger charge is -2.46. The predicted octanol–water partition coefficient (Wildman–Crippen LogP) is 3.87. The minimum Gasteiger partial charge on any atom is -0.404 e. The zero-order valence-corrected chi connectivity index (χ0v) is 21.9. The molecule has 0 heterocycles. The lowest BCUT2D eigenvalue weighted by Crippen LogP contribution is -2.68. The highest BCUT2D eigenvalue weighted by molar-refractivity contribution is 6.99. The number of Topliss-reactive ketones (excluding diaryl/α,β-unsaturated/α-hetero) is 3. The minimum absolute atomic E-state index is 0.130. The summed E-state index contributed by atoms with van der Waals surface area (Å²) in [6, 6.07) is 28.4. The van der Waals surface area contributed by atoms with Gasteiger partial charge in [0.05, 0.1) is 12.5 Å². The van der Waals surface area contributed by atoms with Crippen molar-refractivity contribution in [1.29, 1.82) is 0 Å². The van der Waals surface area contributed by atoms with E-state index in [1.54, 1.807) is 30.3 Å². The summed E-state index contributed by atoms with van der Waals surface area (Å²) in [6.45, 7) is 6.38. The van der Waals surface area contributed by atoms with Gasteiger partial charge in [0.25, 0.3) is 8.32 Å². The van der Waals surface area contributed by atoms with Crippen LogP contribution in [0.2, 0.25) is 5.04 Å². The van der Waals surface area contributed by atoms with Crippen molar-refractivity contribution in [3.8, 4) is 0 Å². The number of hydrogen-bond donors (Lipinski definition) is 1. The maximum absolute atomic E-state index is 13.2. The largest absolute Gasteiger partial charge is 0.404 e. The molecule has 0 amide bonds. The summed E-state index contributed by atoms with van der Waals surface area (Å²) in [4.78, 5) is 39.2. The summed E-state index contributed by atoms with van der Waals surface area (Å²) in [6.07, 6.45) is -1.51. The number of benzene rings is 3. The topological polar surface area (TPSA) is 80.7 Å². The first kappa shape index (κ1) is 25.9. The Morgan fingerprint density at radius 2 is 1.25 bits per heavy atom. The van der Waals surface area contributed by atoms with Gasteiger partial charge in [-0.15, -0.1) is 0 Å². The van der Waals surface area contributed by atoms with Crippen LogP contribution >= 0.6 is 0 Å². The molecule has 0 bridgehead atoms. The average Bonchev–Trinajstić information content (AvgIpc) is 2.87. The Hall–Kier alpha value is -3.19. The Morgan fingerprint density at radius 1 is 0.833 bits per heavy atom. The van der Waals surface area contributed by atoms with E-state index in [1.165, 1.54) is 0 Å². The maximum Gasteiger partial charge on any atom is 0.261 e. The van der Waals surface area contributed by atoms with Crippen molar-refractivity contribution in [3.63, 3.8) is 0 Å². The second-order valence-corrected chi connectivity index (χ2v) is 14.7. The van der Waals surface area contributed by atoms with Gasteiger partial charge in [0.15, 0.2) is 23.0 Å². The average molecular weight is 501 g/mol. The number of aliphatic hydroxyl groups is 1. The van der Waals surface area contributed by atoms with E-state index in [-0.39, 0.29) is 17.9 Å². The van der Waals surface area contributed by atoms with Crippen LogP contribution in [0.25, 0.3) is 0 Å². The normalized spacial score (nSPS) is 20.8. The molecule has 0 aliphatic heterocycles. The number of carbonyl (C=O) groups is 3. The highest BCUT2D eigenvalue weighted by Crippen LogP contribution is 2.39. The van der Waals surface area contributed by atoms with Gasteiger partial charge >= 0.3 is 0 Å². The summed E-state index contributed by atoms with van der Waals surface area (Å²) >= 11 is 0. The van der Waals surface area contributed by atoms with Gasteiger partial charge in [-0.2, -0.15) is 0 Å². The van der Waals surface area contributed by atoms with Crippen LogP contribution in [-0.2, 0) is 14.0 Å². The maximum atomic E-state index is 13.2. The molecule has 1 saturated carbocycles. The monoisotopic (exact) mass is 500 g/mol. The van der Waals surface area contributed by atoms with E-state index in [0.29, 0.717) is 5.56 Å². The molecule has 3 aromatic rings. The first-order chi connectivity index (χ1) is 17.1. The molecule has 36 heavy (non-hydrogen) atoms. The fraction of sp³-hybridized carbons (Fsp3) is 0.300. The van der Waals surface area contributed by atoms with Gasteiger partial charge in [-0.3, -0.25) is 14.4 Å². The van der Waals surface area contributed by atoms with Crippen LogP contribution < -0.4 is 10.4 Å². The predicted molar refractivity (Wildman–Crippen MR) is 142 cm³/mol. The van der Waals surface area contributed by atoms with Crippen LogP contribution in [0.5, 0.6) is 0 Å². The van der Waals surface area contributed by atoms with Crippen molar-refractivity contribution in [2.24, 2.45) is 0 Å². The summed E-state index contributed by atoms with van der Waals surface area (Å²) < 4.78 is 6.94. The Morgan fingerprint density at radius 3 is 1.67 bits per heavy atom. The summed E-state index contributed by atoms with van der Waals surface area (Å²) in [5, 5.41) is 12.9. The molecule has 0 radical (unpaired) electrons. The smallest absolute Gasteiger partial charge is 0.261 e. The fourth-order valence-electron chi connectivity index (χ4n) is 5.16. The van der Waals surface area contributed by atoms with Gasteiger partial charge < -0.3 is 9.53 Å². The first-order valence-corrected chi connectivity index (χ1v) is 14.1. The number of rotatable bonds is 7. The van der Waals surface area contributed by atoms with Crippen LogP contribution in [0.3, 0.4) is 0 Å². The Labute approximate surface area is 213 Å². The van der Waals surface area contributed by atoms with Crippen LogP contribution in [0.1, 0.15) is 50.4 Å². The zero-order chi connectivity index (χ0) is 26.0. The van der Waals surface area contributed by atoms with Crippen LogP contribution in [0, 0.1) is 0 Å². The number of ketones is 3. The van der Waals surface area contributed by atoms with E-state index in [2.05, 4.69) is 20.8 Å². The van der Waals surface area contributed by atoms with Crippen molar-refractivity contribution < 1.29 is 23.9 Å². The molecule has 1 aliphatic rings. The van der Waals surface area contributed by atoms with E-state index in [4.69, 9.17) is 4.43 Å². The van der Waals surface area contributed by atoms with E-state index in [0.717, 1.165) is 10.4 Å². The molecule has 1 N–H and O–H groups in total. The number of hydrogen-bond acceptors (Lipinski definition) is 5.